The largest absolute Gasteiger partial charge is 0.381 e. The van der Waals surface area contributed by atoms with Gasteiger partial charge in [-0.05, 0) is 43.9 Å². The van der Waals surface area contributed by atoms with Gasteiger partial charge in [0.05, 0.1) is 0 Å². The Morgan fingerprint density at radius 2 is 2.10 bits per heavy atom. The van der Waals surface area contributed by atoms with Gasteiger partial charge in [0.25, 0.3) is 0 Å². The van der Waals surface area contributed by atoms with Crippen LogP contribution >= 0.6 is 0 Å². The summed E-state index contributed by atoms with van der Waals surface area (Å²) in [4.78, 5) is 15.9. The topological polar surface area (TPSA) is 69.0 Å². The van der Waals surface area contributed by atoms with E-state index in [1.807, 2.05) is 4.68 Å². The van der Waals surface area contributed by atoms with Crippen LogP contribution in [0.15, 0.2) is 12.7 Å². The fourth-order valence-electron chi connectivity index (χ4n) is 3.26. The van der Waals surface area contributed by atoms with Crippen LogP contribution in [0.4, 0.5) is 0 Å². The molecule has 1 N–H and O–H groups in total. The fourth-order valence-corrected chi connectivity index (χ4v) is 3.26. The van der Waals surface area contributed by atoms with Crippen LogP contribution in [0.25, 0.3) is 0 Å². The van der Waals surface area contributed by atoms with Gasteiger partial charge in [-0.1, -0.05) is 0 Å². The van der Waals surface area contributed by atoms with E-state index in [-0.39, 0.29) is 5.91 Å². The fraction of sp³-hybridized carbons (Fsp3) is 0.800. The van der Waals surface area contributed by atoms with Gasteiger partial charge in [-0.25, -0.2) is 4.98 Å². The molecule has 1 aromatic rings. The van der Waals surface area contributed by atoms with E-state index in [4.69, 9.17) is 4.74 Å². The Morgan fingerprint density at radius 1 is 1.29 bits per heavy atom. The molecule has 0 spiro atoms. The molecule has 0 bridgehead atoms. The third-order valence-corrected chi connectivity index (χ3v) is 4.63. The van der Waals surface area contributed by atoms with Gasteiger partial charge in [-0.2, -0.15) is 5.10 Å². The molecular formula is C15H24N4O2. The first-order valence-electron chi connectivity index (χ1n) is 7.99. The Morgan fingerprint density at radius 3 is 2.81 bits per heavy atom. The average molecular weight is 292 g/mol. The highest BCUT2D eigenvalue weighted by atomic mass is 16.5. The SMILES string of the molecule is O=C(CCC1CCOCC1)NC1CC(Cn2cncn2)C1. The first kappa shape index (κ1) is 14.5. The van der Waals surface area contributed by atoms with Gasteiger partial charge in [0, 0.05) is 32.2 Å². The van der Waals surface area contributed by atoms with Crippen molar-refractivity contribution >= 4 is 5.91 Å². The summed E-state index contributed by atoms with van der Waals surface area (Å²) in [6.45, 7) is 2.63. The van der Waals surface area contributed by atoms with Gasteiger partial charge in [-0.15, -0.1) is 0 Å². The second kappa shape index (κ2) is 7.02. The van der Waals surface area contributed by atoms with Crippen LogP contribution in [0.2, 0.25) is 0 Å². The molecule has 0 atom stereocenters. The average Bonchev–Trinajstić information content (AvgIpc) is 2.97. The molecule has 1 saturated heterocycles. The number of carbonyl (C=O) groups is 1. The van der Waals surface area contributed by atoms with E-state index in [1.54, 1.807) is 12.7 Å². The van der Waals surface area contributed by atoms with E-state index in [9.17, 15) is 4.79 Å². The number of nitrogens with zero attached hydrogens (tertiary/aromatic N) is 3. The molecule has 6 nitrogen and oxygen atoms in total. The van der Waals surface area contributed by atoms with Gasteiger partial charge in [0.1, 0.15) is 12.7 Å². The van der Waals surface area contributed by atoms with Crippen LogP contribution in [0.1, 0.15) is 38.5 Å². The summed E-state index contributed by atoms with van der Waals surface area (Å²) in [7, 11) is 0. The van der Waals surface area contributed by atoms with Gasteiger partial charge < -0.3 is 10.1 Å². The summed E-state index contributed by atoms with van der Waals surface area (Å²) in [6.07, 6.45) is 9.31. The zero-order valence-corrected chi connectivity index (χ0v) is 12.4. The molecule has 2 heterocycles. The molecule has 0 radical (unpaired) electrons. The van der Waals surface area contributed by atoms with Crippen molar-refractivity contribution in [3.63, 3.8) is 0 Å². The summed E-state index contributed by atoms with van der Waals surface area (Å²) in [5, 5.41) is 7.26. The maximum Gasteiger partial charge on any atom is 0.220 e. The van der Waals surface area contributed by atoms with Crippen LogP contribution in [0, 0.1) is 11.8 Å². The highest BCUT2D eigenvalue weighted by molar-refractivity contribution is 5.76. The van der Waals surface area contributed by atoms with Crippen molar-refractivity contribution in [2.24, 2.45) is 11.8 Å². The van der Waals surface area contributed by atoms with E-state index in [1.165, 1.54) is 0 Å². The highest BCUT2D eigenvalue weighted by Gasteiger charge is 2.30. The van der Waals surface area contributed by atoms with E-state index >= 15 is 0 Å². The number of hydrogen-bond donors (Lipinski definition) is 1. The number of amides is 1. The summed E-state index contributed by atoms with van der Waals surface area (Å²) in [6, 6.07) is 0.362. The zero-order valence-electron chi connectivity index (χ0n) is 12.4. The quantitative estimate of drug-likeness (QED) is 0.860. The summed E-state index contributed by atoms with van der Waals surface area (Å²) >= 11 is 0. The molecule has 6 heteroatoms. The molecule has 1 saturated carbocycles. The minimum absolute atomic E-state index is 0.214. The second-order valence-electron chi connectivity index (χ2n) is 6.31. The molecule has 3 rings (SSSR count). The molecule has 1 aromatic heterocycles. The number of aromatic nitrogens is 3. The lowest BCUT2D eigenvalue weighted by Crippen LogP contribution is -2.45. The van der Waals surface area contributed by atoms with Crippen molar-refractivity contribution in [2.45, 2.75) is 51.1 Å². The van der Waals surface area contributed by atoms with Crippen LogP contribution in [0.3, 0.4) is 0 Å². The lowest BCUT2D eigenvalue weighted by molar-refractivity contribution is -0.123. The maximum absolute atomic E-state index is 11.9. The Hall–Kier alpha value is -1.43. The minimum atomic E-state index is 0.214. The first-order chi connectivity index (χ1) is 10.3. The molecule has 2 fully saturated rings. The number of carbonyl (C=O) groups excluding carboxylic acids is 1. The molecule has 21 heavy (non-hydrogen) atoms. The van der Waals surface area contributed by atoms with E-state index in [0.717, 1.165) is 51.9 Å². The van der Waals surface area contributed by atoms with Gasteiger partial charge in [-0.3, -0.25) is 9.48 Å². The lowest BCUT2D eigenvalue weighted by Gasteiger charge is -2.35. The van der Waals surface area contributed by atoms with Crippen LogP contribution in [0.5, 0.6) is 0 Å². The van der Waals surface area contributed by atoms with Crippen LogP contribution in [-0.2, 0) is 16.1 Å². The van der Waals surface area contributed by atoms with Crippen LogP contribution in [-0.4, -0.2) is 39.9 Å². The predicted molar refractivity (Wildman–Crippen MR) is 77.5 cm³/mol. The van der Waals surface area contributed by atoms with Crippen molar-refractivity contribution in [3.8, 4) is 0 Å². The number of hydrogen-bond acceptors (Lipinski definition) is 4. The molecule has 116 valence electrons. The third kappa shape index (κ3) is 4.27. The number of rotatable bonds is 6. The molecule has 0 unspecified atom stereocenters. The maximum atomic E-state index is 11.9. The summed E-state index contributed by atoms with van der Waals surface area (Å²) < 4.78 is 7.21. The van der Waals surface area contributed by atoms with Crippen molar-refractivity contribution in [3.05, 3.63) is 12.7 Å². The first-order valence-corrected chi connectivity index (χ1v) is 7.99. The second-order valence-corrected chi connectivity index (χ2v) is 6.31. The molecule has 0 aromatic carbocycles. The molecule has 1 aliphatic heterocycles. The summed E-state index contributed by atoms with van der Waals surface area (Å²) in [5.41, 5.74) is 0. The Kier molecular flexibility index (Phi) is 4.85. The van der Waals surface area contributed by atoms with Crippen LogP contribution < -0.4 is 5.32 Å². The van der Waals surface area contributed by atoms with Gasteiger partial charge in [0.2, 0.25) is 5.91 Å². The van der Waals surface area contributed by atoms with E-state index in [0.29, 0.717) is 24.3 Å². The molecule has 1 amide bonds. The zero-order chi connectivity index (χ0) is 14.5. The van der Waals surface area contributed by atoms with Crippen molar-refractivity contribution in [1.29, 1.82) is 0 Å². The summed E-state index contributed by atoms with van der Waals surface area (Å²) in [5.74, 6) is 1.50. The van der Waals surface area contributed by atoms with Gasteiger partial charge >= 0.3 is 0 Å². The predicted octanol–water partition coefficient (Wildman–Crippen LogP) is 1.38. The lowest BCUT2D eigenvalue weighted by atomic mass is 9.80. The number of nitrogens with one attached hydrogen (secondary N) is 1. The minimum Gasteiger partial charge on any atom is -0.381 e. The van der Waals surface area contributed by atoms with Crippen molar-refractivity contribution in [2.75, 3.05) is 13.2 Å². The monoisotopic (exact) mass is 292 g/mol. The van der Waals surface area contributed by atoms with E-state index in [2.05, 4.69) is 15.4 Å². The standard InChI is InChI=1S/C15H24N4O2/c20-15(2-1-12-3-5-21-6-4-12)18-14-7-13(8-14)9-19-11-16-10-17-19/h10-14H,1-9H2,(H,18,20). The number of ether oxygens (including phenoxy) is 1. The van der Waals surface area contributed by atoms with Gasteiger partial charge in [0.15, 0.2) is 0 Å². The smallest absolute Gasteiger partial charge is 0.220 e. The highest BCUT2D eigenvalue weighted by Crippen LogP contribution is 2.29. The van der Waals surface area contributed by atoms with E-state index < -0.39 is 0 Å². The van der Waals surface area contributed by atoms with Crippen molar-refractivity contribution < 1.29 is 9.53 Å². The Balaban J connectivity index is 1.28. The molecular weight excluding hydrogens is 268 g/mol. The molecule has 2 aliphatic rings. The van der Waals surface area contributed by atoms with Crippen molar-refractivity contribution in [1.82, 2.24) is 20.1 Å². The normalized spacial score (nSPS) is 26.3. The Bertz CT molecular complexity index is 437. The Labute approximate surface area is 125 Å². The molecule has 1 aliphatic carbocycles. The third-order valence-electron chi connectivity index (χ3n) is 4.63.